The molecule has 1 saturated heterocycles. The second kappa shape index (κ2) is 6.15. The van der Waals surface area contributed by atoms with E-state index in [1.165, 1.54) is 0 Å². The Kier molecular flexibility index (Phi) is 4.63. The molecule has 0 aromatic heterocycles. The Balaban J connectivity index is 1.75. The van der Waals surface area contributed by atoms with Crippen LogP contribution in [-0.2, 0) is 9.59 Å². The van der Waals surface area contributed by atoms with Gasteiger partial charge in [0.2, 0.25) is 5.91 Å². The van der Waals surface area contributed by atoms with Crippen LogP contribution in [0.25, 0.3) is 0 Å². The number of piperidine rings is 1. The molecule has 2 fully saturated rings. The Morgan fingerprint density at radius 2 is 1.86 bits per heavy atom. The smallest absolute Gasteiger partial charge is 0.354 e. The van der Waals surface area contributed by atoms with Gasteiger partial charge in [-0.25, -0.2) is 0 Å². The summed E-state index contributed by atoms with van der Waals surface area (Å²) in [6.07, 6.45) is -2.01. The molecule has 0 spiro atoms. The molecule has 0 bridgehead atoms. The average molecular weight is 317 g/mol. The van der Waals surface area contributed by atoms with Crippen LogP contribution in [0, 0.1) is 22.7 Å². The lowest BCUT2D eigenvalue weighted by molar-refractivity contribution is -0.186. The minimum atomic E-state index is -4.83. The van der Waals surface area contributed by atoms with Gasteiger partial charge in [-0.2, -0.15) is 18.4 Å². The summed E-state index contributed by atoms with van der Waals surface area (Å²) in [6.45, 7) is 0.431. The average Bonchev–Trinajstić information content (AvgIpc) is 2.43. The summed E-state index contributed by atoms with van der Waals surface area (Å²) in [5.74, 6) is -2.04. The van der Waals surface area contributed by atoms with Crippen molar-refractivity contribution >= 4 is 11.8 Å². The summed E-state index contributed by atoms with van der Waals surface area (Å²) in [5.41, 5.74) is -0.910. The number of alkyl halides is 3. The Labute approximate surface area is 126 Å². The van der Waals surface area contributed by atoms with Crippen molar-refractivity contribution in [3.8, 4) is 6.07 Å². The molecule has 1 aliphatic heterocycles. The number of nitriles is 1. The summed E-state index contributed by atoms with van der Waals surface area (Å²) in [4.78, 5) is 23.9. The van der Waals surface area contributed by atoms with Gasteiger partial charge in [0.25, 0.3) is 0 Å². The number of amides is 2. The SMILES string of the molecule is N#CC1(C(=O)NCC2CCN(C(=O)C(F)(F)F)CC2)CCC1. The van der Waals surface area contributed by atoms with Crippen molar-refractivity contribution in [3.05, 3.63) is 0 Å². The van der Waals surface area contributed by atoms with E-state index in [4.69, 9.17) is 5.26 Å². The number of rotatable bonds is 3. The first kappa shape index (κ1) is 16.6. The van der Waals surface area contributed by atoms with E-state index in [1.54, 1.807) is 0 Å². The van der Waals surface area contributed by atoms with Gasteiger partial charge in [0, 0.05) is 19.6 Å². The zero-order valence-electron chi connectivity index (χ0n) is 12.1. The lowest BCUT2D eigenvalue weighted by atomic mass is 9.69. The van der Waals surface area contributed by atoms with Crippen molar-refractivity contribution in [2.45, 2.75) is 38.3 Å². The maximum absolute atomic E-state index is 12.3. The number of hydrogen-bond acceptors (Lipinski definition) is 3. The molecular weight excluding hydrogens is 299 g/mol. The third-order valence-electron chi connectivity index (χ3n) is 4.55. The number of nitrogens with one attached hydrogen (secondary N) is 1. The van der Waals surface area contributed by atoms with E-state index in [2.05, 4.69) is 11.4 Å². The fourth-order valence-electron chi connectivity index (χ4n) is 2.85. The van der Waals surface area contributed by atoms with Gasteiger partial charge in [0.1, 0.15) is 5.41 Å². The number of halogens is 3. The van der Waals surface area contributed by atoms with Crippen LogP contribution in [0.15, 0.2) is 0 Å². The monoisotopic (exact) mass is 317 g/mol. The third kappa shape index (κ3) is 3.34. The molecular formula is C14H18F3N3O2. The first-order valence-electron chi connectivity index (χ1n) is 7.34. The molecule has 0 aromatic rings. The first-order chi connectivity index (χ1) is 10.3. The highest BCUT2D eigenvalue weighted by molar-refractivity contribution is 5.86. The molecule has 1 heterocycles. The van der Waals surface area contributed by atoms with E-state index in [0.29, 0.717) is 32.2 Å². The molecule has 0 atom stereocenters. The lowest BCUT2D eigenvalue weighted by Crippen LogP contribution is -2.49. The molecule has 1 saturated carbocycles. The topological polar surface area (TPSA) is 73.2 Å². The maximum atomic E-state index is 12.3. The van der Waals surface area contributed by atoms with E-state index in [0.717, 1.165) is 11.3 Å². The Morgan fingerprint density at radius 3 is 2.27 bits per heavy atom. The van der Waals surface area contributed by atoms with Crippen LogP contribution in [0.3, 0.4) is 0 Å². The highest BCUT2D eigenvalue weighted by Gasteiger charge is 2.45. The quantitative estimate of drug-likeness (QED) is 0.859. The summed E-state index contributed by atoms with van der Waals surface area (Å²) in [7, 11) is 0. The van der Waals surface area contributed by atoms with Crippen LogP contribution in [-0.4, -0.2) is 42.5 Å². The first-order valence-corrected chi connectivity index (χ1v) is 7.34. The molecule has 1 N–H and O–H groups in total. The molecule has 0 radical (unpaired) electrons. The van der Waals surface area contributed by atoms with E-state index in [-0.39, 0.29) is 24.9 Å². The van der Waals surface area contributed by atoms with Crippen molar-refractivity contribution in [3.63, 3.8) is 0 Å². The molecule has 1 aliphatic carbocycles. The third-order valence-corrected chi connectivity index (χ3v) is 4.55. The fraction of sp³-hybridized carbons (Fsp3) is 0.786. The zero-order chi connectivity index (χ0) is 16.4. The van der Waals surface area contributed by atoms with Crippen molar-refractivity contribution in [2.24, 2.45) is 11.3 Å². The highest BCUT2D eigenvalue weighted by atomic mass is 19.4. The number of hydrogen-bond donors (Lipinski definition) is 1. The second-order valence-electron chi connectivity index (χ2n) is 5.99. The fourth-order valence-corrected chi connectivity index (χ4v) is 2.85. The summed E-state index contributed by atoms with van der Waals surface area (Å²) in [5, 5.41) is 11.8. The normalized spacial score (nSPS) is 21.6. The van der Waals surface area contributed by atoms with Crippen LogP contribution >= 0.6 is 0 Å². The summed E-state index contributed by atoms with van der Waals surface area (Å²) >= 11 is 0. The van der Waals surface area contributed by atoms with Gasteiger partial charge in [-0.3, -0.25) is 9.59 Å². The maximum Gasteiger partial charge on any atom is 0.471 e. The van der Waals surface area contributed by atoms with Gasteiger partial charge >= 0.3 is 12.1 Å². The van der Waals surface area contributed by atoms with Crippen LogP contribution in [0.2, 0.25) is 0 Å². The Hall–Kier alpha value is -1.78. The summed E-state index contributed by atoms with van der Waals surface area (Å²) in [6, 6.07) is 2.05. The van der Waals surface area contributed by atoms with Crippen LogP contribution < -0.4 is 5.32 Å². The summed E-state index contributed by atoms with van der Waals surface area (Å²) < 4.78 is 37.0. The standard InChI is InChI=1S/C14H18F3N3O2/c15-14(16,17)12(22)20-6-2-10(3-7-20)8-19-11(21)13(9-18)4-1-5-13/h10H,1-8H2,(H,19,21). The van der Waals surface area contributed by atoms with E-state index < -0.39 is 17.5 Å². The molecule has 2 rings (SSSR count). The largest absolute Gasteiger partial charge is 0.471 e. The van der Waals surface area contributed by atoms with E-state index in [1.807, 2.05) is 0 Å². The van der Waals surface area contributed by atoms with Crippen LogP contribution in [0.4, 0.5) is 13.2 Å². The molecule has 5 nitrogen and oxygen atoms in total. The molecule has 8 heteroatoms. The predicted octanol–water partition coefficient (Wildman–Crippen LogP) is 1.60. The second-order valence-corrected chi connectivity index (χ2v) is 5.99. The van der Waals surface area contributed by atoms with Gasteiger partial charge in [-0.15, -0.1) is 0 Å². The van der Waals surface area contributed by atoms with E-state index >= 15 is 0 Å². The van der Waals surface area contributed by atoms with Crippen LogP contribution in [0.1, 0.15) is 32.1 Å². The minimum Gasteiger partial charge on any atom is -0.354 e. The van der Waals surface area contributed by atoms with Gasteiger partial charge in [-0.05, 0) is 38.0 Å². The Bertz CT molecular complexity index is 487. The molecule has 2 amide bonds. The van der Waals surface area contributed by atoms with E-state index in [9.17, 15) is 22.8 Å². The zero-order valence-corrected chi connectivity index (χ0v) is 12.1. The minimum absolute atomic E-state index is 0.0389. The van der Waals surface area contributed by atoms with Crippen molar-refractivity contribution in [1.29, 1.82) is 5.26 Å². The van der Waals surface area contributed by atoms with Crippen molar-refractivity contribution < 1.29 is 22.8 Å². The van der Waals surface area contributed by atoms with Gasteiger partial charge in [-0.1, -0.05) is 0 Å². The number of carbonyl (C=O) groups excluding carboxylic acids is 2. The van der Waals surface area contributed by atoms with Gasteiger partial charge in [0.05, 0.1) is 6.07 Å². The predicted molar refractivity (Wildman–Crippen MR) is 70.3 cm³/mol. The molecule has 0 unspecified atom stereocenters. The number of likely N-dealkylation sites (tertiary alicyclic amines) is 1. The molecule has 2 aliphatic rings. The molecule has 0 aromatic carbocycles. The van der Waals surface area contributed by atoms with Crippen molar-refractivity contribution in [1.82, 2.24) is 10.2 Å². The van der Waals surface area contributed by atoms with Crippen molar-refractivity contribution in [2.75, 3.05) is 19.6 Å². The number of nitrogens with zero attached hydrogens (tertiary/aromatic N) is 2. The molecule has 22 heavy (non-hydrogen) atoms. The molecule has 122 valence electrons. The number of carbonyl (C=O) groups is 2. The Morgan fingerprint density at radius 1 is 1.27 bits per heavy atom. The van der Waals surface area contributed by atoms with Crippen LogP contribution in [0.5, 0.6) is 0 Å². The highest BCUT2D eigenvalue weighted by Crippen LogP contribution is 2.40. The van der Waals surface area contributed by atoms with Gasteiger partial charge < -0.3 is 10.2 Å². The van der Waals surface area contributed by atoms with Gasteiger partial charge in [0.15, 0.2) is 0 Å². The lowest BCUT2D eigenvalue weighted by Gasteiger charge is -2.35.